The largest absolute Gasteiger partial charge is 0.356 e. The first-order valence-electron chi connectivity index (χ1n) is 10.7. The molecule has 1 saturated heterocycles. The molecule has 1 aliphatic heterocycles. The van der Waals surface area contributed by atoms with E-state index in [1.807, 2.05) is 12.1 Å². The van der Waals surface area contributed by atoms with Crippen LogP contribution in [0.1, 0.15) is 46.0 Å². The lowest BCUT2D eigenvalue weighted by atomic mass is 10.2. The van der Waals surface area contributed by atoms with Crippen molar-refractivity contribution in [1.82, 2.24) is 19.9 Å². The highest BCUT2D eigenvalue weighted by molar-refractivity contribution is 5.57. The van der Waals surface area contributed by atoms with E-state index in [1.54, 1.807) is 0 Å². The molecule has 0 spiro atoms. The van der Waals surface area contributed by atoms with Crippen LogP contribution in [0.5, 0.6) is 0 Å². The maximum atomic E-state index is 4.82. The third-order valence-electron chi connectivity index (χ3n) is 6.15. The molecule has 0 amide bonds. The average molecular weight is 380 g/mol. The van der Waals surface area contributed by atoms with Crippen molar-refractivity contribution < 1.29 is 0 Å². The summed E-state index contributed by atoms with van der Waals surface area (Å²) < 4.78 is 0. The SMILES string of the molecule is C[C@@H](Nc1nc(N[C@H](C)C2CC2)nc(-c2cccc(N3CCC3)n2)n1)C1CC1. The van der Waals surface area contributed by atoms with Gasteiger partial charge in [-0.15, -0.1) is 0 Å². The smallest absolute Gasteiger partial charge is 0.228 e. The summed E-state index contributed by atoms with van der Waals surface area (Å²) in [7, 11) is 0. The molecule has 7 nitrogen and oxygen atoms in total. The molecule has 7 heteroatoms. The summed E-state index contributed by atoms with van der Waals surface area (Å²) >= 11 is 0. The zero-order chi connectivity index (χ0) is 19.1. The number of pyridine rings is 1. The quantitative estimate of drug-likeness (QED) is 0.726. The molecule has 3 aliphatic rings. The third kappa shape index (κ3) is 3.88. The minimum Gasteiger partial charge on any atom is -0.356 e. The van der Waals surface area contributed by atoms with Crippen LogP contribution >= 0.6 is 0 Å². The Kier molecular flexibility index (Phi) is 4.53. The van der Waals surface area contributed by atoms with Crippen molar-refractivity contribution >= 4 is 17.7 Å². The number of aromatic nitrogens is 4. The third-order valence-corrected chi connectivity index (χ3v) is 6.15. The summed E-state index contributed by atoms with van der Waals surface area (Å²) in [5.74, 6) is 4.39. The van der Waals surface area contributed by atoms with Gasteiger partial charge in [-0.05, 0) is 69.9 Å². The van der Waals surface area contributed by atoms with Crippen molar-refractivity contribution in [3.8, 4) is 11.5 Å². The maximum Gasteiger partial charge on any atom is 0.228 e. The van der Waals surface area contributed by atoms with Crippen LogP contribution < -0.4 is 15.5 Å². The number of hydrogen-bond acceptors (Lipinski definition) is 7. The van der Waals surface area contributed by atoms with Gasteiger partial charge in [0.1, 0.15) is 11.5 Å². The molecule has 0 radical (unpaired) electrons. The molecule has 2 saturated carbocycles. The van der Waals surface area contributed by atoms with Gasteiger partial charge in [0.05, 0.1) is 0 Å². The second-order valence-electron chi connectivity index (χ2n) is 8.57. The van der Waals surface area contributed by atoms with Crippen molar-refractivity contribution in [1.29, 1.82) is 0 Å². The van der Waals surface area contributed by atoms with Gasteiger partial charge in [0, 0.05) is 25.2 Å². The van der Waals surface area contributed by atoms with Crippen LogP contribution in [0.3, 0.4) is 0 Å². The van der Waals surface area contributed by atoms with Gasteiger partial charge in [-0.2, -0.15) is 15.0 Å². The first kappa shape index (κ1) is 17.6. The summed E-state index contributed by atoms with van der Waals surface area (Å²) in [6.07, 6.45) is 6.38. The summed E-state index contributed by atoms with van der Waals surface area (Å²) in [5, 5.41) is 6.98. The second kappa shape index (κ2) is 7.18. The lowest BCUT2D eigenvalue weighted by molar-refractivity contribution is 0.610. The number of rotatable bonds is 8. The zero-order valence-corrected chi connectivity index (χ0v) is 16.7. The van der Waals surface area contributed by atoms with E-state index in [2.05, 4.69) is 40.4 Å². The van der Waals surface area contributed by atoms with Crippen molar-refractivity contribution in [2.45, 2.75) is 58.0 Å². The fourth-order valence-electron chi connectivity index (χ4n) is 3.72. The second-order valence-corrected chi connectivity index (χ2v) is 8.57. The van der Waals surface area contributed by atoms with E-state index in [0.717, 1.165) is 36.4 Å². The highest BCUT2D eigenvalue weighted by Crippen LogP contribution is 2.35. The highest BCUT2D eigenvalue weighted by atomic mass is 15.3. The van der Waals surface area contributed by atoms with Gasteiger partial charge in [0.15, 0.2) is 5.82 Å². The number of nitrogens with zero attached hydrogens (tertiary/aromatic N) is 5. The Balaban J connectivity index is 1.44. The molecule has 0 bridgehead atoms. The molecule has 148 valence electrons. The molecule has 2 aliphatic carbocycles. The normalized spacial score (nSPS) is 21.0. The summed E-state index contributed by atoms with van der Waals surface area (Å²) in [4.78, 5) is 21.2. The van der Waals surface area contributed by atoms with Crippen molar-refractivity contribution in [2.75, 3.05) is 28.6 Å². The van der Waals surface area contributed by atoms with Crippen LogP contribution in [-0.4, -0.2) is 45.1 Å². The Morgan fingerprint density at radius 3 is 1.96 bits per heavy atom. The fourth-order valence-corrected chi connectivity index (χ4v) is 3.72. The molecule has 0 unspecified atom stereocenters. The first-order chi connectivity index (χ1) is 13.7. The maximum absolute atomic E-state index is 4.82. The van der Waals surface area contributed by atoms with Crippen LogP contribution in [-0.2, 0) is 0 Å². The van der Waals surface area contributed by atoms with Gasteiger partial charge < -0.3 is 15.5 Å². The van der Waals surface area contributed by atoms with Gasteiger partial charge >= 0.3 is 0 Å². The number of hydrogen-bond donors (Lipinski definition) is 2. The summed E-state index contributed by atoms with van der Waals surface area (Å²) in [5.41, 5.74) is 0.802. The van der Waals surface area contributed by atoms with E-state index in [0.29, 0.717) is 29.8 Å². The van der Waals surface area contributed by atoms with Crippen LogP contribution in [0.4, 0.5) is 17.7 Å². The van der Waals surface area contributed by atoms with Gasteiger partial charge in [0.2, 0.25) is 11.9 Å². The summed E-state index contributed by atoms with van der Waals surface area (Å²) in [6, 6.07) is 6.85. The Labute approximate surface area is 166 Å². The summed E-state index contributed by atoms with van der Waals surface area (Å²) in [6.45, 7) is 6.57. The van der Waals surface area contributed by atoms with E-state index >= 15 is 0 Å². The van der Waals surface area contributed by atoms with Crippen molar-refractivity contribution in [2.24, 2.45) is 11.8 Å². The molecule has 3 fully saturated rings. The molecule has 0 aromatic carbocycles. The minimum absolute atomic E-state index is 0.379. The molecule has 2 aromatic heterocycles. The Bertz CT molecular complexity index is 804. The number of anilines is 3. The van der Waals surface area contributed by atoms with Crippen molar-refractivity contribution in [3.05, 3.63) is 18.2 Å². The first-order valence-corrected chi connectivity index (χ1v) is 10.7. The van der Waals surface area contributed by atoms with Crippen molar-refractivity contribution in [3.63, 3.8) is 0 Å². The highest BCUT2D eigenvalue weighted by Gasteiger charge is 2.30. The fraction of sp³-hybridized carbons (Fsp3) is 0.619. The zero-order valence-electron chi connectivity index (χ0n) is 16.7. The van der Waals surface area contributed by atoms with Crippen LogP contribution in [0, 0.1) is 11.8 Å². The standard InChI is InChI=1S/C21H29N7/c1-13(15-7-8-15)22-20-25-19(26-21(27-20)23-14(2)16-9-10-16)17-5-3-6-18(24-17)28-11-4-12-28/h3,5-6,13-16H,4,7-12H2,1-2H3,(H2,22,23,25,26,27)/t13-,14-/m1/s1. The van der Waals surface area contributed by atoms with E-state index in [9.17, 15) is 0 Å². The molecule has 3 heterocycles. The van der Waals surface area contributed by atoms with Crippen LogP contribution in [0.25, 0.3) is 11.5 Å². The Morgan fingerprint density at radius 2 is 1.46 bits per heavy atom. The molecule has 28 heavy (non-hydrogen) atoms. The predicted molar refractivity (Wildman–Crippen MR) is 112 cm³/mol. The molecule has 2 aromatic rings. The lowest BCUT2D eigenvalue weighted by Gasteiger charge is -2.32. The Morgan fingerprint density at radius 1 is 0.857 bits per heavy atom. The lowest BCUT2D eigenvalue weighted by Crippen LogP contribution is -2.37. The molecular weight excluding hydrogens is 350 g/mol. The molecule has 5 rings (SSSR count). The molecule has 2 atom stereocenters. The number of nitrogens with one attached hydrogen (secondary N) is 2. The van der Waals surface area contributed by atoms with Gasteiger partial charge in [-0.3, -0.25) is 0 Å². The average Bonchev–Trinajstić information content (AvgIpc) is 3.53. The molecular formula is C21H29N7. The van der Waals surface area contributed by atoms with E-state index in [4.69, 9.17) is 15.0 Å². The minimum atomic E-state index is 0.379. The topological polar surface area (TPSA) is 78.9 Å². The van der Waals surface area contributed by atoms with E-state index in [1.165, 1.54) is 32.1 Å². The van der Waals surface area contributed by atoms with E-state index in [-0.39, 0.29) is 0 Å². The van der Waals surface area contributed by atoms with Gasteiger partial charge in [0.25, 0.3) is 0 Å². The predicted octanol–water partition coefficient (Wildman–Crippen LogP) is 3.56. The van der Waals surface area contributed by atoms with Gasteiger partial charge in [-0.25, -0.2) is 4.98 Å². The van der Waals surface area contributed by atoms with Crippen LogP contribution in [0.15, 0.2) is 18.2 Å². The molecule has 2 N–H and O–H groups in total. The van der Waals surface area contributed by atoms with E-state index < -0.39 is 0 Å². The van der Waals surface area contributed by atoms with Crippen LogP contribution in [0.2, 0.25) is 0 Å². The Hall–Kier alpha value is -2.44. The monoisotopic (exact) mass is 379 g/mol. The van der Waals surface area contributed by atoms with Gasteiger partial charge in [-0.1, -0.05) is 6.07 Å².